The molecule has 4 N–H and O–H groups in total. The summed E-state index contributed by atoms with van der Waals surface area (Å²) >= 11 is 0. The van der Waals surface area contributed by atoms with E-state index in [1.807, 2.05) is 18.3 Å². The third kappa shape index (κ3) is 3.19. The molecule has 0 spiro atoms. The number of H-pyrrole nitrogens is 2. The summed E-state index contributed by atoms with van der Waals surface area (Å²) in [5, 5.41) is 21.9. The van der Waals surface area contributed by atoms with Gasteiger partial charge in [-0.1, -0.05) is 32.1 Å². The van der Waals surface area contributed by atoms with E-state index < -0.39 is 0 Å². The highest BCUT2D eigenvalue weighted by Crippen LogP contribution is 2.33. The van der Waals surface area contributed by atoms with Gasteiger partial charge in [-0.25, -0.2) is 4.98 Å². The third-order valence-corrected chi connectivity index (χ3v) is 5.90. The van der Waals surface area contributed by atoms with E-state index in [1.165, 1.54) is 5.57 Å². The monoisotopic (exact) mass is 399 g/mol. The number of nitrogens with zero attached hydrogens (tertiary/aromatic N) is 2. The molecule has 0 saturated heterocycles. The lowest BCUT2D eigenvalue weighted by atomic mass is 9.95. The number of hydrogen-bond donors (Lipinski definition) is 4. The molecule has 1 unspecified atom stereocenters. The van der Waals surface area contributed by atoms with Crippen LogP contribution in [0.4, 0.5) is 0 Å². The van der Waals surface area contributed by atoms with E-state index >= 15 is 0 Å². The zero-order chi connectivity index (χ0) is 20.7. The second-order valence-corrected chi connectivity index (χ2v) is 7.89. The second-order valence-electron chi connectivity index (χ2n) is 7.89. The molecule has 1 aliphatic rings. The molecule has 0 saturated carbocycles. The van der Waals surface area contributed by atoms with Crippen molar-refractivity contribution in [3.8, 4) is 28.4 Å². The van der Waals surface area contributed by atoms with Crippen LogP contribution < -0.4 is 5.32 Å². The van der Waals surface area contributed by atoms with E-state index in [1.54, 1.807) is 6.07 Å². The Bertz CT molecular complexity index is 1250. The lowest BCUT2D eigenvalue weighted by Gasteiger charge is -2.20. The van der Waals surface area contributed by atoms with E-state index in [-0.39, 0.29) is 0 Å². The fourth-order valence-corrected chi connectivity index (χ4v) is 4.28. The molecule has 2 aromatic heterocycles. The molecule has 0 amide bonds. The van der Waals surface area contributed by atoms with E-state index in [9.17, 15) is 5.11 Å². The highest BCUT2D eigenvalue weighted by molar-refractivity contribution is 5.94. The van der Waals surface area contributed by atoms with Crippen molar-refractivity contribution in [2.45, 2.75) is 20.3 Å². The van der Waals surface area contributed by atoms with E-state index in [4.69, 9.17) is 0 Å². The molecule has 0 bridgehead atoms. The Labute approximate surface area is 175 Å². The first kappa shape index (κ1) is 18.6. The summed E-state index contributed by atoms with van der Waals surface area (Å²) in [6, 6.07) is 11.8. The number of phenols is 1. The summed E-state index contributed by atoms with van der Waals surface area (Å²) in [4.78, 5) is 8.07. The van der Waals surface area contributed by atoms with Crippen LogP contribution in [0.3, 0.4) is 0 Å². The summed E-state index contributed by atoms with van der Waals surface area (Å²) in [6.45, 7) is 6.18. The van der Waals surface area contributed by atoms with Crippen molar-refractivity contribution in [3.63, 3.8) is 0 Å². The maximum atomic E-state index is 9.80. The molecule has 4 aromatic rings. The van der Waals surface area contributed by atoms with Gasteiger partial charge in [0.1, 0.15) is 11.4 Å². The zero-order valence-corrected chi connectivity index (χ0v) is 17.2. The molecular formula is C24H25N5O. The van der Waals surface area contributed by atoms with Crippen LogP contribution in [0.25, 0.3) is 39.1 Å². The largest absolute Gasteiger partial charge is 0.508 e. The number of phenolic OH excluding ortho intramolecular Hbond substituents is 1. The molecule has 0 fully saturated rings. The van der Waals surface area contributed by atoms with Crippen LogP contribution >= 0.6 is 0 Å². The SMILES string of the molecule is CCc1cc(O)ccc1-c1ccc2c(-c3ncc(C4=CCNCC4C)[nH]3)n[nH]c2c1. The molecule has 5 rings (SSSR count). The van der Waals surface area contributed by atoms with Gasteiger partial charge in [-0.2, -0.15) is 5.10 Å². The minimum absolute atomic E-state index is 0.298. The standard InChI is InChI=1S/C24H25N5O/c1-3-15-10-17(30)5-7-19(15)16-4-6-20-21(11-16)28-29-23(20)24-26-13-22(27-24)18-8-9-25-12-14(18)2/h4-8,10-11,13-14,25,30H,3,9,12H2,1-2H3,(H,26,27)(H,28,29). The Balaban J connectivity index is 1.52. The number of benzene rings is 2. The van der Waals surface area contributed by atoms with Crippen LogP contribution in [0.2, 0.25) is 0 Å². The van der Waals surface area contributed by atoms with Crippen molar-refractivity contribution >= 4 is 16.5 Å². The van der Waals surface area contributed by atoms with Crippen LogP contribution in [0, 0.1) is 5.92 Å². The van der Waals surface area contributed by atoms with E-state index in [0.717, 1.165) is 64.3 Å². The predicted octanol–water partition coefficient (Wildman–Crippen LogP) is 4.51. The molecule has 152 valence electrons. The van der Waals surface area contributed by atoms with Crippen LogP contribution in [-0.4, -0.2) is 38.4 Å². The average molecular weight is 399 g/mol. The normalized spacial score (nSPS) is 16.7. The zero-order valence-electron chi connectivity index (χ0n) is 17.2. The molecule has 2 aromatic carbocycles. The summed E-state index contributed by atoms with van der Waals surface area (Å²) in [5.74, 6) is 1.52. The van der Waals surface area contributed by atoms with E-state index in [0.29, 0.717) is 11.7 Å². The summed E-state index contributed by atoms with van der Waals surface area (Å²) < 4.78 is 0. The number of aromatic hydroxyl groups is 1. The number of fused-ring (bicyclic) bond motifs is 1. The number of hydrogen-bond acceptors (Lipinski definition) is 4. The van der Waals surface area contributed by atoms with Gasteiger partial charge in [0.2, 0.25) is 0 Å². The molecule has 1 aliphatic heterocycles. The molecule has 0 radical (unpaired) electrons. The number of rotatable bonds is 4. The van der Waals surface area contributed by atoms with Gasteiger partial charge in [-0.3, -0.25) is 5.10 Å². The lowest BCUT2D eigenvalue weighted by molar-refractivity contribution is 0.474. The minimum Gasteiger partial charge on any atom is -0.508 e. The van der Waals surface area contributed by atoms with Crippen molar-refractivity contribution < 1.29 is 5.11 Å². The Morgan fingerprint density at radius 1 is 1.17 bits per heavy atom. The Kier molecular flexibility index (Phi) is 4.64. The lowest BCUT2D eigenvalue weighted by Crippen LogP contribution is -2.27. The van der Waals surface area contributed by atoms with Crippen molar-refractivity contribution in [2.24, 2.45) is 5.92 Å². The van der Waals surface area contributed by atoms with Gasteiger partial charge in [-0.15, -0.1) is 0 Å². The molecule has 3 heterocycles. The molecule has 30 heavy (non-hydrogen) atoms. The Morgan fingerprint density at radius 2 is 2.07 bits per heavy atom. The third-order valence-electron chi connectivity index (χ3n) is 5.90. The molecule has 0 aliphatic carbocycles. The number of nitrogens with one attached hydrogen (secondary N) is 3. The van der Waals surface area contributed by atoms with Gasteiger partial charge in [0, 0.05) is 18.5 Å². The van der Waals surface area contributed by atoms with Crippen molar-refractivity contribution in [1.82, 2.24) is 25.5 Å². The average Bonchev–Trinajstić information content (AvgIpc) is 3.40. The molecular weight excluding hydrogens is 374 g/mol. The van der Waals surface area contributed by atoms with Gasteiger partial charge < -0.3 is 15.4 Å². The minimum atomic E-state index is 0.298. The summed E-state index contributed by atoms with van der Waals surface area (Å²) in [6.07, 6.45) is 4.99. The highest BCUT2D eigenvalue weighted by Gasteiger charge is 2.18. The molecule has 6 heteroatoms. The maximum Gasteiger partial charge on any atom is 0.159 e. The smallest absolute Gasteiger partial charge is 0.159 e. The summed E-state index contributed by atoms with van der Waals surface area (Å²) in [7, 11) is 0. The first-order chi connectivity index (χ1) is 14.6. The van der Waals surface area contributed by atoms with Gasteiger partial charge in [-0.05, 0) is 58.9 Å². The van der Waals surface area contributed by atoms with Crippen LogP contribution in [-0.2, 0) is 6.42 Å². The summed E-state index contributed by atoms with van der Waals surface area (Å²) in [5.41, 5.74) is 7.49. The quantitative estimate of drug-likeness (QED) is 0.406. The van der Waals surface area contributed by atoms with Gasteiger partial charge in [0.25, 0.3) is 0 Å². The van der Waals surface area contributed by atoms with Crippen molar-refractivity contribution in [2.75, 3.05) is 13.1 Å². The van der Waals surface area contributed by atoms with Crippen molar-refractivity contribution in [1.29, 1.82) is 0 Å². The van der Waals surface area contributed by atoms with Crippen LogP contribution in [0.15, 0.2) is 48.7 Å². The van der Waals surface area contributed by atoms with Crippen LogP contribution in [0.5, 0.6) is 5.75 Å². The highest BCUT2D eigenvalue weighted by atomic mass is 16.3. The van der Waals surface area contributed by atoms with Gasteiger partial charge in [0.05, 0.1) is 17.4 Å². The predicted molar refractivity (Wildman–Crippen MR) is 120 cm³/mol. The molecule has 6 nitrogen and oxygen atoms in total. The fourth-order valence-electron chi connectivity index (χ4n) is 4.28. The van der Waals surface area contributed by atoms with Gasteiger partial charge in [0.15, 0.2) is 5.82 Å². The second kappa shape index (κ2) is 7.46. The number of aromatic amines is 2. The topological polar surface area (TPSA) is 89.6 Å². The fraction of sp³-hybridized carbons (Fsp3) is 0.250. The first-order valence-electron chi connectivity index (χ1n) is 10.4. The van der Waals surface area contributed by atoms with Crippen LogP contribution in [0.1, 0.15) is 25.1 Å². The van der Waals surface area contributed by atoms with Crippen molar-refractivity contribution in [3.05, 3.63) is 59.9 Å². The molecule has 1 atom stereocenters. The first-order valence-corrected chi connectivity index (χ1v) is 10.4. The van der Waals surface area contributed by atoms with Gasteiger partial charge >= 0.3 is 0 Å². The maximum absolute atomic E-state index is 9.80. The van der Waals surface area contributed by atoms with E-state index in [2.05, 4.69) is 63.6 Å². The Morgan fingerprint density at radius 3 is 2.90 bits per heavy atom. The number of imidazole rings is 1. The Hall–Kier alpha value is -3.38. The number of aromatic nitrogens is 4. The number of aryl methyl sites for hydroxylation is 1.